The molecular formula is C13H14ClNO2. The van der Waals surface area contributed by atoms with Gasteiger partial charge >= 0.3 is 0 Å². The van der Waals surface area contributed by atoms with Gasteiger partial charge in [0.05, 0.1) is 0 Å². The van der Waals surface area contributed by atoms with Crippen LogP contribution in [-0.4, -0.2) is 16.7 Å². The van der Waals surface area contributed by atoms with Crippen LogP contribution in [-0.2, 0) is 6.42 Å². The number of hydrogen-bond acceptors (Lipinski definition) is 3. The molecule has 0 bridgehead atoms. The third kappa shape index (κ3) is 2.87. The minimum Gasteiger partial charge on any atom is -0.445 e. The molecule has 4 heteroatoms. The zero-order valence-electron chi connectivity index (χ0n) is 9.61. The Labute approximate surface area is 105 Å². The minimum absolute atomic E-state index is 0.151. The molecule has 0 radical (unpaired) electrons. The summed E-state index contributed by atoms with van der Waals surface area (Å²) in [6.45, 7) is 2.04. The molecule has 1 aromatic carbocycles. The monoisotopic (exact) mass is 251 g/mol. The van der Waals surface area contributed by atoms with Crippen molar-refractivity contribution < 1.29 is 9.52 Å². The van der Waals surface area contributed by atoms with Crippen LogP contribution in [0.3, 0.4) is 0 Å². The van der Waals surface area contributed by atoms with Gasteiger partial charge in [-0.3, -0.25) is 0 Å². The number of halogens is 1. The standard InChI is InChI=1S/C13H14ClNO2/c1-9-13(10-4-6-11(14)7-5-10)15-12(17-9)3-2-8-16/h4-7,16H,2-3,8H2,1H3. The highest BCUT2D eigenvalue weighted by atomic mass is 35.5. The molecule has 0 aliphatic carbocycles. The number of aryl methyl sites for hydroxylation is 2. The normalized spacial score (nSPS) is 10.8. The van der Waals surface area contributed by atoms with Gasteiger partial charge in [0.2, 0.25) is 0 Å². The molecule has 0 aliphatic rings. The van der Waals surface area contributed by atoms with Crippen LogP contribution in [0.15, 0.2) is 28.7 Å². The van der Waals surface area contributed by atoms with Crippen molar-refractivity contribution >= 4 is 11.6 Å². The van der Waals surface area contributed by atoms with Crippen LogP contribution < -0.4 is 0 Å². The fourth-order valence-corrected chi connectivity index (χ4v) is 1.79. The third-order valence-corrected chi connectivity index (χ3v) is 2.76. The van der Waals surface area contributed by atoms with E-state index in [9.17, 15) is 0 Å². The lowest BCUT2D eigenvalue weighted by atomic mass is 10.1. The average molecular weight is 252 g/mol. The van der Waals surface area contributed by atoms with E-state index in [4.69, 9.17) is 21.1 Å². The van der Waals surface area contributed by atoms with Crippen molar-refractivity contribution in [2.45, 2.75) is 19.8 Å². The highest BCUT2D eigenvalue weighted by Crippen LogP contribution is 2.25. The summed E-state index contributed by atoms with van der Waals surface area (Å²) in [5.41, 5.74) is 1.83. The summed E-state index contributed by atoms with van der Waals surface area (Å²) in [5.74, 6) is 1.46. The van der Waals surface area contributed by atoms with Crippen molar-refractivity contribution in [1.82, 2.24) is 4.98 Å². The van der Waals surface area contributed by atoms with Crippen molar-refractivity contribution in [2.24, 2.45) is 0 Å². The summed E-state index contributed by atoms with van der Waals surface area (Å²) >= 11 is 5.84. The lowest BCUT2D eigenvalue weighted by Crippen LogP contribution is -1.89. The number of benzene rings is 1. The maximum Gasteiger partial charge on any atom is 0.195 e. The van der Waals surface area contributed by atoms with E-state index in [-0.39, 0.29) is 6.61 Å². The summed E-state index contributed by atoms with van der Waals surface area (Å²) in [4.78, 5) is 4.43. The van der Waals surface area contributed by atoms with Gasteiger partial charge in [-0.1, -0.05) is 23.7 Å². The fourth-order valence-electron chi connectivity index (χ4n) is 1.66. The number of aliphatic hydroxyl groups excluding tert-OH is 1. The molecular weight excluding hydrogens is 238 g/mol. The molecule has 0 unspecified atom stereocenters. The highest BCUT2D eigenvalue weighted by molar-refractivity contribution is 6.30. The van der Waals surface area contributed by atoms with E-state index in [0.717, 1.165) is 17.0 Å². The van der Waals surface area contributed by atoms with Crippen molar-refractivity contribution in [3.05, 3.63) is 40.9 Å². The van der Waals surface area contributed by atoms with Gasteiger partial charge in [0.1, 0.15) is 11.5 Å². The molecule has 1 aromatic heterocycles. The number of rotatable bonds is 4. The van der Waals surface area contributed by atoms with Gasteiger partial charge in [0, 0.05) is 23.6 Å². The molecule has 0 spiro atoms. The Bertz CT molecular complexity index is 491. The van der Waals surface area contributed by atoms with Crippen molar-refractivity contribution in [1.29, 1.82) is 0 Å². The SMILES string of the molecule is Cc1oc(CCCO)nc1-c1ccc(Cl)cc1. The first-order valence-corrected chi connectivity index (χ1v) is 5.91. The number of nitrogens with zero attached hydrogens (tertiary/aromatic N) is 1. The minimum atomic E-state index is 0.151. The van der Waals surface area contributed by atoms with Crippen LogP contribution in [0.1, 0.15) is 18.1 Å². The van der Waals surface area contributed by atoms with Gasteiger partial charge in [-0.15, -0.1) is 0 Å². The molecule has 90 valence electrons. The van der Waals surface area contributed by atoms with Crippen LogP contribution in [0.5, 0.6) is 0 Å². The highest BCUT2D eigenvalue weighted by Gasteiger charge is 2.11. The van der Waals surface area contributed by atoms with Gasteiger partial charge < -0.3 is 9.52 Å². The lowest BCUT2D eigenvalue weighted by Gasteiger charge is -1.96. The molecule has 2 aromatic rings. The zero-order chi connectivity index (χ0) is 12.3. The molecule has 0 saturated carbocycles. The molecule has 17 heavy (non-hydrogen) atoms. The second kappa shape index (κ2) is 5.34. The summed E-state index contributed by atoms with van der Waals surface area (Å²) in [6, 6.07) is 7.50. The van der Waals surface area contributed by atoms with Crippen LogP contribution >= 0.6 is 11.6 Å². The van der Waals surface area contributed by atoms with E-state index in [0.29, 0.717) is 23.8 Å². The first kappa shape index (κ1) is 12.1. The maximum atomic E-state index is 8.77. The number of aliphatic hydroxyl groups is 1. The molecule has 0 amide bonds. The molecule has 3 nitrogen and oxygen atoms in total. The smallest absolute Gasteiger partial charge is 0.195 e. The van der Waals surface area contributed by atoms with Gasteiger partial charge in [-0.05, 0) is 25.5 Å². The topological polar surface area (TPSA) is 46.3 Å². The Morgan fingerprint density at radius 2 is 2.00 bits per heavy atom. The van der Waals surface area contributed by atoms with Gasteiger partial charge in [0.15, 0.2) is 5.89 Å². The van der Waals surface area contributed by atoms with Crippen LogP contribution in [0.25, 0.3) is 11.3 Å². The van der Waals surface area contributed by atoms with Crippen LogP contribution in [0.2, 0.25) is 5.02 Å². The predicted molar refractivity (Wildman–Crippen MR) is 67.1 cm³/mol. The Morgan fingerprint density at radius 1 is 1.29 bits per heavy atom. The van der Waals surface area contributed by atoms with Gasteiger partial charge in [-0.25, -0.2) is 4.98 Å². The molecule has 0 atom stereocenters. The van der Waals surface area contributed by atoms with Gasteiger partial charge in [-0.2, -0.15) is 0 Å². The number of aromatic nitrogens is 1. The Hall–Kier alpha value is -1.32. The van der Waals surface area contributed by atoms with Gasteiger partial charge in [0.25, 0.3) is 0 Å². The molecule has 0 fully saturated rings. The van der Waals surface area contributed by atoms with Crippen molar-refractivity contribution in [2.75, 3.05) is 6.61 Å². The summed E-state index contributed by atoms with van der Waals surface area (Å²) in [5, 5.41) is 9.47. The quantitative estimate of drug-likeness (QED) is 0.908. The summed E-state index contributed by atoms with van der Waals surface area (Å²) in [7, 11) is 0. The Morgan fingerprint density at radius 3 is 2.65 bits per heavy atom. The van der Waals surface area contributed by atoms with Crippen molar-refractivity contribution in [3.63, 3.8) is 0 Å². The fraction of sp³-hybridized carbons (Fsp3) is 0.308. The Kier molecular flexibility index (Phi) is 3.82. The Balaban J connectivity index is 2.26. The van der Waals surface area contributed by atoms with Crippen molar-refractivity contribution in [3.8, 4) is 11.3 Å². The maximum absolute atomic E-state index is 8.77. The van der Waals surface area contributed by atoms with E-state index in [2.05, 4.69) is 4.98 Å². The average Bonchev–Trinajstić information content (AvgIpc) is 2.69. The zero-order valence-corrected chi connectivity index (χ0v) is 10.4. The van der Waals surface area contributed by atoms with E-state index in [1.165, 1.54) is 0 Å². The first-order chi connectivity index (χ1) is 8.20. The molecule has 2 rings (SSSR count). The molecule has 1 N–H and O–H groups in total. The molecule has 0 saturated heterocycles. The van der Waals surface area contributed by atoms with E-state index in [1.807, 2.05) is 31.2 Å². The second-order valence-electron chi connectivity index (χ2n) is 3.85. The summed E-state index contributed by atoms with van der Waals surface area (Å²) < 4.78 is 5.55. The lowest BCUT2D eigenvalue weighted by molar-refractivity contribution is 0.282. The van der Waals surface area contributed by atoms with Crippen LogP contribution in [0, 0.1) is 6.92 Å². The third-order valence-electron chi connectivity index (χ3n) is 2.51. The predicted octanol–water partition coefficient (Wildman–Crippen LogP) is 3.23. The number of hydrogen-bond donors (Lipinski definition) is 1. The molecule has 1 heterocycles. The van der Waals surface area contributed by atoms with E-state index < -0.39 is 0 Å². The van der Waals surface area contributed by atoms with Crippen LogP contribution in [0.4, 0.5) is 0 Å². The second-order valence-corrected chi connectivity index (χ2v) is 4.28. The largest absolute Gasteiger partial charge is 0.445 e. The van der Waals surface area contributed by atoms with E-state index in [1.54, 1.807) is 0 Å². The number of oxazole rings is 1. The molecule has 0 aliphatic heterocycles. The summed E-state index contributed by atoms with van der Waals surface area (Å²) in [6.07, 6.45) is 1.32. The first-order valence-electron chi connectivity index (χ1n) is 5.54. The van der Waals surface area contributed by atoms with E-state index >= 15 is 0 Å².